The number of rotatable bonds is 5. The molecule has 0 aliphatic carbocycles. The Kier molecular flexibility index (Phi) is 5.86. The minimum absolute atomic E-state index is 0.108. The van der Waals surface area contributed by atoms with Crippen molar-refractivity contribution in [2.75, 3.05) is 24.1 Å². The molecule has 1 aromatic rings. The summed E-state index contributed by atoms with van der Waals surface area (Å²) >= 11 is 5.75. The van der Waals surface area contributed by atoms with Crippen LogP contribution in [0.1, 0.15) is 13.8 Å². The summed E-state index contributed by atoms with van der Waals surface area (Å²) in [6.07, 6.45) is -4.35. The van der Waals surface area contributed by atoms with Crippen LogP contribution in [0.4, 0.5) is 24.5 Å². The number of likely N-dealkylation sites (N-methyl/N-ethyl adjacent to an activating group) is 1. The number of halogens is 4. The van der Waals surface area contributed by atoms with Crippen LogP contribution in [-0.4, -0.2) is 36.1 Å². The Morgan fingerprint density at radius 2 is 2.10 bits per heavy atom. The van der Waals surface area contributed by atoms with Gasteiger partial charge in [0.1, 0.15) is 0 Å². The highest BCUT2D eigenvalue weighted by Gasteiger charge is 2.33. The van der Waals surface area contributed by atoms with E-state index in [-0.39, 0.29) is 12.2 Å². The number of nitrogens with two attached hydrogens (primary N) is 1. The lowest BCUT2D eigenvalue weighted by Crippen LogP contribution is -2.46. The van der Waals surface area contributed by atoms with E-state index in [2.05, 4.69) is 5.32 Å². The zero-order valence-electron chi connectivity index (χ0n) is 11.7. The van der Waals surface area contributed by atoms with Crippen molar-refractivity contribution in [2.45, 2.75) is 26.1 Å². The molecule has 0 aromatic heterocycles. The third-order valence-electron chi connectivity index (χ3n) is 2.98. The highest BCUT2D eigenvalue weighted by atomic mass is 35.5. The molecule has 8 heteroatoms. The number of hydrogen-bond donors (Lipinski definition) is 2. The van der Waals surface area contributed by atoms with Crippen LogP contribution in [0, 0.1) is 0 Å². The molecule has 0 aliphatic rings. The molecule has 118 valence electrons. The fourth-order valence-electron chi connectivity index (χ4n) is 1.79. The molecule has 0 aliphatic heterocycles. The van der Waals surface area contributed by atoms with Gasteiger partial charge in [0, 0.05) is 5.69 Å². The van der Waals surface area contributed by atoms with Gasteiger partial charge in [-0.1, -0.05) is 18.5 Å². The molecular weight excluding hydrogens is 307 g/mol. The third kappa shape index (κ3) is 5.43. The van der Waals surface area contributed by atoms with Crippen molar-refractivity contribution in [2.24, 2.45) is 0 Å². The Morgan fingerprint density at radius 3 is 2.57 bits per heavy atom. The fraction of sp³-hybridized carbons (Fsp3) is 0.462. The first kappa shape index (κ1) is 17.6. The molecule has 3 N–H and O–H groups in total. The smallest absolute Gasteiger partial charge is 0.397 e. The van der Waals surface area contributed by atoms with Gasteiger partial charge in [0.2, 0.25) is 5.91 Å². The number of nitrogens with zero attached hydrogens (tertiary/aromatic N) is 1. The first-order valence-electron chi connectivity index (χ1n) is 6.30. The number of benzene rings is 1. The van der Waals surface area contributed by atoms with Crippen LogP contribution in [0.5, 0.6) is 0 Å². The van der Waals surface area contributed by atoms with Gasteiger partial charge in [-0.25, -0.2) is 0 Å². The largest absolute Gasteiger partial charge is 0.401 e. The maximum Gasteiger partial charge on any atom is 0.401 e. The summed E-state index contributed by atoms with van der Waals surface area (Å²) in [5.74, 6) is -0.539. The van der Waals surface area contributed by atoms with Gasteiger partial charge in [-0.2, -0.15) is 13.2 Å². The minimum atomic E-state index is -4.35. The van der Waals surface area contributed by atoms with Gasteiger partial charge >= 0.3 is 6.18 Å². The van der Waals surface area contributed by atoms with Crippen LogP contribution < -0.4 is 11.1 Å². The highest BCUT2D eigenvalue weighted by Crippen LogP contribution is 2.23. The number of alkyl halides is 3. The van der Waals surface area contributed by atoms with E-state index in [1.165, 1.54) is 25.1 Å². The first-order chi connectivity index (χ1) is 9.64. The first-order valence-corrected chi connectivity index (χ1v) is 6.68. The summed E-state index contributed by atoms with van der Waals surface area (Å²) in [7, 11) is 0. The quantitative estimate of drug-likeness (QED) is 0.818. The van der Waals surface area contributed by atoms with Crippen molar-refractivity contribution in [3.63, 3.8) is 0 Å². The molecule has 1 rings (SSSR count). The molecular formula is C13H17ClF3N3O. The Hall–Kier alpha value is -1.47. The molecule has 0 saturated heterocycles. The zero-order chi connectivity index (χ0) is 16.2. The monoisotopic (exact) mass is 323 g/mol. The van der Waals surface area contributed by atoms with Gasteiger partial charge in [0.25, 0.3) is 0 Å². The molecule has 1 amide bonds. The van der Waals surface area contributed by atoms with E-state index in [0.29, 0.717) is 10.7 Å². The predicted octanol–water partition coefficient (Wildman–Crippen LogP) is 3.13. The zero-order valence-corrected chi connectivity index (χ0v) is 12.4. The van der Waals surface area contributed by atoms with Gasteiger partial charge in [0.05, 0.1) is 23.3 Å². The van der Waals surface area contributed by atoms with Crippen molar-refractivity contribution in [3.8, 4) is 0 Å². The van der Waals surface area contributed by atoms with Gasteiger partial charge < -0.3 is 11.1 Å². The number of anilines is 2. The molecule has 1 unspecified atom stereocenters. The Bertz CT molecular complexity index is 508. The van der Waals surface area contributed by atoms with Crippen LogP contribution >= 0.6 is 11.6 Å². The normalized spacial score (nSPS) is 13.3. The topological polar surface area (TPSA) is 58.4 Å². The highest BCUT2D eigenvalue weighted by molar-refractivity contribution is 6.33. The van der Waals surface area contributed by atoms with E-state index in [4.69, 9.17) is 17.3 Å². The van der Waals surface area contributed by atoms with Crippen LogP contribution in [0.15, 0.2) is 18.2 Å². The standard InChI is InChI=1S/C13H17ClF3N3O/c1-3-20(7-13(15,16)17)8(2)12(21)19-9-4-5-10(14)11(18)6-9/h4-6,8H,3,7,18H2,1-2H3,(H,19,21). The van der Waals surface area contributed by atoms with Crippen molar-refractivity contribution < 1.29 is 18.0 Å². The summed E-state index contributed by atoms with van der Waals surface area (Å²) < 4.78 is 37.3. The molecule has 21 heavy (non-hydrogen) atoms. The van der Waals surface area contributed by atoms with Crippen molar-refractivity contribution in [3.05, 3.63) is 23.2 Å². The van der Waals surface area contributed by atoms with Crippen LogP contribution in [0.2, 0.25) is 5.02 Å². The Labute approximate surface area is 126 Å². The Morgan fingerprint density at radius 1 is 1.48 bits per heavy atom. The fourth-order valence-corrected chi connectivity index (χ4v) is 1.90. The third-order valence-corrected chi connectivity index (χ3v) is 3.32. The van der Waals surface area contributed by atoms with Gasteiger partial charge in [-0.3, -0.25) is 9.69 Å². The lowest BCUT2D eigenvalue weighted by molar-refractivity contribution is -0.152. The SMILES string of the molecule is CCN(CC(F)(F)F)C(C)C(=O)Nc1ccc(Cl)c(N)c1. The van der Waals surface area contributed by atoms with Crippen molar-refractivity contribution in [1.82, 2.24) is 4.90 Å². The van der Waals surface area contributed by atoms with Gasteiger partial charge in [0.15, 0.2) is 0 Å². The molecule has 1 aromatic carbocycles. The van der Waals surface area contributed by atoms with E-state index in [1.54, 1.807) is 6.92 Å². The summed E-state index contributed by atoms with van der Waals surface area (Å²) in [5.41, 5.74) is 6.27. The summed E-state index contributed by atoms with van der Waals surface area (Å²) in [6.45, 7) is 1.96. The van der Waals surface area contributed by atoms with E-state index in [1.807, 2.05) is 0 Å². The number of carbonyl (C=O) groups excluding carboxylic acids is 1. The predicted molar refractivity (Wildman–Crippen MR) is 77.3 cm³/mol. The lowest BCUT2D eigenvalue weighted by atomic mass is 10.2. The molecule has 0 bridgehead atoms. The number of hydrogen-bond acceptors (Lipinski definition) is 3. The van der Waals surface area contributed by atoms with Crippen LogP contribution in [0.3, 0.4) is 0 Å². The summed E-state index contributed by atoms with van der Waals surface area (Å²) in [4.78, 5) is 13.0. The average Bonchev–Trinajstić information content (AvgIpc) is 2.38. The van der Waals surface area contributed by atoms with E-state index >= 15 is 0 Å². The van der Waals surface area contributed by atoms with E-state index < -0.39 is 24.7 Å². The van der Waals surface area contributed by atoms with Gasteiger partial charge in [-0.05, 0) is 31.7 Å². The molecule has 0 fully saturated rings. The lowest BCUT2D eigenvalue weighted by Gasteiger charge is -2.27. The van der Waals surface area contributed by atoms with Crippen molar-refractivity contribution in [1.29, 1.82) is 0 Å². The van der Waals surface area contributed by atoms with Crippen LogP contribution in [0.25, 0.3) is 0 Å². The van der Waals surface area contributed by atoms with E-state index in [9.17, 15) is 18.0 Å². The van der Waals surface area contributed by atoms with Gasteiger partial charge in [-0.15, -0.1) is 0 Å². The second kappa shape index (κ2) is 7.00. The molecule has 4 nitrogen and oxygen atoms in total. The maximum atomic E-state index is 12.4. The molecule has 0 saturated carbocycles. The number of nitrogen functional groups attached to an aromatic ring is 1. The molecule has 0 radical (unpaired) electrons. The summed E-state index contributed by atoms with van der Waals surface area (Å²) in [5, 5.41) is 2.86. The number of carbonyl (C=O) groups is 1. The van der Waals surface area contributed by atoms with Crippen molar-refractivity contribution >= 4 is 28.9 Å². The maximum absolute atomic E-state index is 12.4. The minimum Gasteiger partial charge on any atom is -0.397 e. The number of nitrogens with one attached hydrogen (secondary N) is 1. The molecule has 0 heterocycles. The molecule has 1 atom stereocenters. The Balaban J connectivity index is 2.74. The van der Waals surface area contributed by atoms with Crippen LogP contribution in [-0.2, 0) is 4.79 Å². The van der Waals surface area contributed by atoms with E-state index in [0.717, 1.165) is 4.90 Å². The second-order valence-electron chi connectivity index (χ2n) is 4.58. The molecule has 0 spiro atoms. The number of amides is 1. The average molecular weight is 324 g/mol. The summed E-state index contributed by atoms with van der Waals surface area (Å²) in [6, 6.07) is 3.56. The second-order valence-corrected chi connectivity index (χ2v) is 4.99.